The molecule has 13 N–H and O–H groups in total. The zero-order chi connectivity index (χ0) is 57.4. The Morgan fingerprint density at radius 1 is 0.620 bits per heavy atom. The van der Waals surface area contributed by atoms with Crippen molar-refractivity contribution in [3.05, 3.63) is 77.9 Å². The lowest BCUT2D eigenvalue weighted by molar-refractivity contribution is -0.142. The van der Waals surface area contributed by atoms with Crippen molar-refractivity contribution in [2.45, 2.75) is 69.1 Å². The van der Waals surface area contributed by atoms with Gasteiger partial charge >= 0.3 is 17.9 Å². The summed E-state index contributed by atoms with van der Waals surface area (Å²) in [6, 6.07) is 14.5. The van der Waals surface area contributed by atoms with E-state index in [2.05, 4.69) is 31.6 Å². The van der Waals surface area contributed by atoms with Crippen LogP contribution in [0.3, 0.4) is 0 Å². The lowest BCUT2D eigenvalue weighted by atomic mass is 10.0. The first kappa shape index (κ1) is 61.9. The first-order valence-electron chi connectivity index (χ1n) is 26.3. The first-order valence-corrected chi connectivity index (χ1v) is 26.3. The maximum atomic E-state index is 14.7. The molecular weight excluding hydrogens is 1030 g/mol. The summed E-state index contributed by atoms with van der Waals surface area (Å²) in [7, 11) is 1.37. The number of carbonyl (C=O) groups is 9. The number of carboxylic acids is 3. The third-order valence-electron chi connectivity index (χ3n) is 13.6. The van der Waals surface area contributed by atoms with Gasteiger partial charge in [0.15, 0.2) is 5.96 Å². The average molecular weight is 1100 g/mol. The second-order valence-corrected chi connectivity index (χ2v) is 19.7. The number of aliphatic imine (C=N–C) groups is 1. The van der Waals surface area contributed by atoms with Gasteiger partial charge in [-0.1, -0.05) is 54.6 Å². The van der Waals surface area contributed by atoms with Crippen molar-refractivity contribution in [1.29, 1.82) is 0 Å². The van der Waals surface area contributed by atoms with Gasteiger partial charge in [0.05, 0.1) is 32.7 Å². The second-order valence-electron chi connectivity index (χ2n) is 19.7. The summed E-state index contributed by atoms with van der Waals surface area (Å²) < 4.78 is 0. The smallest absolute Gasteiger partial charge is 0.317 e. The number of benzene rings is 3. The van der Waals surface area contributed by atoms with E-state index in [0.29, 0.717) is 12.0 Å². The average Bonchev–Trinajstić information content (AvgIpc) is 3.40. The number of aliphatic carboxylic acids is 3. The second kappa shape index (κ2) is 31.5. The number of aryl methyl sites for hydroxylation is 1. The molecule has 5 rings (SSSR count). The van der Waals surface area contributed by atoms with Crippen LogP contribution in [-0.2, 0) is 56.0 Å². The molecule has 2 saturated heterocycles. The number of guanidine groups is 1. The quantitative estimate of drug-likeness (QED) is 0.0300. The highest BCUT2D eigenvalue weighted by molar-refractivity contribution is 5.97. The fourth-order valence-electron chi connectivity index (χ4n) is 9.36. The standard InChI is InChI=1S/C53H75N13O13/c1-62-43(9-5-18-56-45(69)31-63-20-22-64(32-46(70)71)24-26-66(34-48(74)75)27-25-65(23-21-63)33-47(72)73)51(78)61-40(8-4-19-57-53(54)55)50(77)60-41(17-13-35-10-14-37-6-2-3-7-38(37)28-35)49(76)58-30-44(68)59-42(52(62)79)29-36-11-15-39(67)16-12-36/h2-3,6-7,10-12,14-16,28,40-43,67H,4-5,8-9,13,17-27,29-34H2,1H3,(H,56,69)(H,58,76)(H,59,68)(H,60,77)(H,61,78)(H,70,71)(H,72,73)(H,74,75)(H4,54,55,57)/t40-,41-,42+,43+/m0/s1. The van der Waals surface area contributed by atoms with Gasteiger partial charge in [-0.05, 0) is 72.6 Å². The van der Waals surface area contributed by atoms with E-state index in [0.717, 1.165) is 21.2 Å². The summed E-state index contributed by atoms with van der Waals surface area (Å²) in [5, 5.41) is 54.5. The van der Waals surface area contributed by atoms with Gasteiger partial charge in [0.1, 0.15) is 29.9 Å². The Kier molecular flexibility index (Phi) is 24.7. The maximum absolute atomic E-state index is 14.7. The van der Waals surface area contributed by atoms with Gasteiger partial charge in [0, 0.05) is 78.9 Å². The molecule has 2 fully saturated rings. The number of aromatic hydroxyl groups is 1. The minimum absolute atomic E-state index is 0.000867. The largest absolute Gasteiger partial charge is 0.508 e. The molecule has 0 saturated carbocycles. The molecule has 79 heavy (non-hydrogen) atoms. The Labute approximate surface area is 457 Å². The molecule has 2 aliphatic rings. The van der Waals surface area contributed by atoms with Crippen molar-refractivity contribution in [2.75, 3.05) is 105 Å². The normalized spacial score (nSPS) is 20.5. The van der Waals surface area contributed by atoms with Crippen molar-refractivity contribution < 1.29 is 63.6 Å². The molecule has 2 heterocycles. The highest BCUT2D eigenvalue weighted by atomic mass is 16.4. The summed E-state index contributed by atoms with van der Waals surface area (Å²) in [6.07, 6.45) is 0.608. The number of nitrogens with two attached hydrogens (primary N) is 2. The van der Waals surface area contributed by atoms with Crippen LogP contribution in [-0.4, -0.2) is 234 Å². The van der Waals surface area contributed by atoms with E-state index < -0.39 is 84.1 Å². The number of hydrogen-bond acceptors (Lipinski definition) is 15. The van der Waals surface area contributed by atoms with E-state index in [4.69, 9.17) is 11.5 Å². The Morgan fingerprint density at radius 3 is 1.72 bits per heavy atom. The van der Waals surface area contributed by atoms with Crippen LogP contribution >= 0.6 is 0 Å². The van der Waals surface area contributed by atoms with E-state index in [1.54, 1.807) is 31.7 Å². The highest BCUT2D eigenvalue weighted by Crippen LogP contribution is 2.19. The van der Waals surface area contributed by atoms with Crippen molar-refractivity contribution in [2.24, 2.45) is 16.5 Å². The van der Waals surface area contributed by atoms with E-state index in [1.165, 1.54) is 19.2 Å². The van der Waals surface area contributed by atoms with Gasteiger partial charge in [0.25, 0.3) is 0 Å². The van der Waals surface area contributed by atoms with Gasteiger partial charge in [0.2, 0.25) is 35.4 Å². The van der Waals surface area contributed by atoms with Crippen molar-refractivity contribution >= 4 is 70.1 Å². The molecule has 0 aromatic heterocycles. The third-order valence-corrected chi connectivity index (χ3v) is 13.6. The number of nitrogens with one attached hydrogen (secondary N) is 5. The highest BCUT2D eigenvalue weighted by Gasteiger charge is 2.36. The van der Waals surface area contributed by atoms with Crippen LogP contribution in [0.5, 0.6) is 5.75 Å². The molecule has 0 bridgehead atoms. The third kappa shape index (κ3) is 21.8. The number of fused-ring (bicyclic) bond motifs is 1. The maximum Gasteiger partial charge on any atom is 0.317 e. The number of rotatable bonds is 21. The first-order chi connectivity index (χ1) is 37.7. The molecule has 430 valence electrons. The number of carboxylic acid groups (broad SMARTS) is 3. The molecule has 26 heteroatoms. The number of likely N-dealkylation sites (N-methyl/N-ethyl adjacent to an activating group) is 1. The zero-order valence-corrected chi connectivity index (χ0v) is 44.5. The van der Waals surface area contributed by atoms with Gasteiger partial charge < -0.3 is 63.4 Å². The van der Waals surface area contributed by atoms with Gasteiger partial charge in [-0.25, -0.2) is 0 Å². The van der Waals surface area contributed by atoms with Crippen LogP contribution in [0.15, 0.2) is 71.7 Å². The number of phenols is 1. The van der Waals surface area contributed by atoms with E-state index in [-0.39, 0.29) is 142 Å². The van der Waals surface area contributed by atoms with Crippen molar-refractivity contribution in [3.63, 3.8) is 0 Å². The summed E-state index contributed by atoms with van der Waals surface area (Å²) in [4.78, 5) is 132. The summed E-state index contributed by atoms with van der Waals surface area (Å²) in [5.41, 5.74) is 12.6. The lowest BCUT2D eigenvalue weighted by Gasteiger charge is -2.33. The van der Waals surface area contributed by atoms with Crippen molar-refractivity contribution in [3.8, 4) is 5.75 Å². The topological polar surface area (TPSA) is 375 Å². The molecular formula is C53H75N13O13. The van der Waals surface area contributed by atoms with Crippen LogP contribution in [0.25, 0.3) is 10.8 Å². The van der Waals surface area contributed by atoms with Gasteiger partial charge in [-0.2, -0.15) is 0 Å². The van der Waals surface area contributed by atoms with Crippen LogP contribution in [0.2, 0.25) is 0 Å². The summed E-state index contributed by atoms with van der Waals surface area (Å²) in [5.74, 6) is -7.54. The predicted molar refractivity (Wildman–Crippen MR) is 290 cm³/mol. The Balaban J connectivity index is 1.37. The minimum Gasteiger partial charge on any atom is -0.508 e. The minimum atomic E-state index is -1.30. The van der Waals surface area contributed by atoms with Crippen LogP contribution < -0.4 is 38.1 Å². The number of amides is 6. The van der Waals surface area contributed by atoms with Gasteiger partial charge in [-0.15, -0.1) is 0 Å². The molecule has 2 aliphatic heterocycles. The zero-order valence-electron chi connectivity index (χ0n) is 44.5. The molecule has 3 aromatic rings. The molecule has 0 aliphatic carbocycles. The SMILES string of the molecule is CN1C(=O)[C@@H](Cc2ccc(O)cc2)NC(=O)CNC(=O)[C@H](CCc2ccc3ccccc3c2)NC(=O)[C@H](CCCN=C(N)N)NC(=O)[C@H]1CCCNC(=O)CN1CCN(CC(=O)O)CCN(CC(=O)O)CCN(CC(=O)O)CC1. The fraction of sp³-hybridized carbons (Fsp3) is 0.509. The number of nitrogens with zero attached hydrogens (tertiary/aromatic N) is 6. The molecule has 4 atom stereocenters. The van der Waals surface area contributed by atoms with Crippen LogP contribution in [0.4, 0.5) is 0 Å². The summed E-state index contributed by atoms with van der Waals surface area (Å²) >= 11 is 0. The number of hydrogen-bond donors (Lipinski definition) is 11. The van der Waals surface area contributed by atoms with Gasteiger partial charge in [-0.3, -0.25) is 67.7 Å². The summed E-state index contributed by atoms with van der Waals surface area (Å²) in [6.45, 7) is -0.0687. The van der Waals surface area contributed by atoms with E-state index >= 15 is 0 Å². The molecule has 3 aromatic carbocycles. The Morgan fingerprint density at radius 2 is 1.15 bits per heavy atom. The lowest BCUT2D eigenvalue weighted by Crippen LogP contribution is -2.58. The molecule has 26 nitrogen and oxygen atoms in total. The van der Waals surface area contributed by atoms with Crippen LogP contribution in [0, 0.1) is 0 Å². The number of phenolic OH excluding ortho intramolecular Hbond substituents is 1. The van der Waals surface area contributed by atoms with Crippen LogP contribution in [0.1, 0.15) is 43.2 Å². The molecule has 0 unspecified atom stereocenters. The Hall–Kier alpha value is -7.94. The fourth-order valence-corrected chi connectivity index (χ4v) is 9.36. The van der Waals surface area contributed by atoms with Crippen molar-refractivity contribution in [1.82, 2.24) is 51.1 Å². The monoisotopic (exact) mass is 1100 g/mol. The molecule has 6 amide bonds. The molecule has 0 spiro atoms. The Bertz CT molecular complexity index is 2590. The van der Waals surface area contributed by atoms with E-state index in [1.807, 2.05) is 42.5 Å². The number of carbonyl (C=O) groups excluding carboxylic acids is 6. The van der Waals surface area contributed by atoms with E-state index in [9.17, 15) is 63.6 Å². The predicted octanol–water partition coefficient (Wildman–Crippen LogP) is -2.44. The molecule has 0 radical (unpaired) electrons.